The number of ether oxygens (including phenoxy) is 3. The Labute approximate surface area is 159 Å². The molecule has 0 radical (unpaired) electrons. The molecule has 0 fully saturated rings. The Morgan fingerprint density at radius 3 is 2.48 bits per heavy atom. The zero-order valence-electron chi connectivity index (χ0n) is 16.5. The molecule has 0 saturated carbocycles. The van der Waals surface area contributed by atoms with Gasteiger partial charge >= 0.3 is 5.97 Å². The fraction of sp³-hybridized carbons (Fsp3) is 0.526. The monoisotopic (exact) mass is 380 g/mol. The molecule has 150 valence electrons. The number of carbonyl (C=O) groups is 3. The molecule has 0 atom stereocenters. The first-order valence-corrected chi connectivity index (χ1v) is 8.71. The SMILES string of the molecule is CNC(=O)CN(C)C(=O)COC(=O)c1ccc(OCCC(C)C)c(OC)c1. The van der Waals surface area contributed by atoms with Crippen molar-refractivity contribution in [1.82, 2.24) is 10.2 Å². The summed E-state index contributed by atoms with van der Waals surface area (Å²) in [6.45, 7) is 4.19. The van der Waals surface area contributed by atoms with Crippen LogP contribution in [-0.2, 0) is 14.3 Å². The van der Waals surface area contributed by atoms with Crippen molar-refractivity contribution in [3.8, 4) is 11.5 Å². The van der Waals surface area contributed by atoms with Gasteiger partial charge in [0.1, 0.15) is 0 Å². The van der Waals surface area contributed by atoms with Gasteiger partial charge in [0.05, 0.1) is 25.8 Å². The normalized spacial score (nSPS) is 10.3. The number of hydrogen-bond acceptors (Lipinski definition) is 6. The Kier molecular flexibility index (Phi) is 9.12. The first kappa shape index (κ1) is 22.3. The van der Waals surface area contributed by atoms with Crippen molar-refractivity contribution in [2.24, 2.45) is 5.92 Å². The van der Waals surface area contributed by atoms with Gasteiger partial charge in [0.2, 0.25) is 5.91 Å². The Morgan fingerprint density at radius 1 is 1.19 bits per heavy atom. The smallest absolute Gasteiger partial charge is 0.338 e. The first-order valence-electron chi connectivity index (χ1n) is 8.71. The predicted molar refractivity (Wildman–Crippen MR) is 99.9 cm³/mol. The number of hydrogen-bond donors (Lipinski definition) is 1. The van der Waals surface area contributed by atoms with E-state index in [1.54, 1.807) is 12.1 Å². The summed E-state index contributed by atoms with van der Waals surface area (Å²) in [6.07, 6.45) is 0.901. The molecule has 0 aliphatic carbocycles. The third-order valence-corrected chi connectivity index (χ3v) is 3.76. The van der Waals surface area contributed by atoms with E-state index >= 15 is 0 Å². The van der Waals surface area contributed by atoms with Gasteiger partial charge < -0.3 is 24.4 Å². The minimum absolute atomic E-state index is 0.108. The third-order valence-electron chi connectivity index (χ3n) is 3.76. The van der Waals surface area contributed by atoms with Gasteiger partial charge in [0.25, 0.3) is 5.91 Å². The van der Waals surface area contributed by atoms with Crippen molar-refractivity contribution in [2.75, 3.05) is 41.0 Å². The number of amides is 2. The molecule has 0 bridgehead atoms. The van der Waals surface area contributed by atoms with E-state index in [1.807, 2.05) is 0 Å². The highest BCUT2D eigenvalue weighted by Crippen LogP contribution is 2.28. The summed E-state index contributed by atoms with van der Waals surface area (Å²) in [5, 5.41) is 2.41. The summed E-state index contributed by atoms with van der Waals surface area (Å²) in [5.41, 5.74) is 0.241. The summed E-state index contributed by atoms with van der Waals surface area (Å²) in [5.74, 6) is 0.0166. The van der Waals surface area contributed by atoms with Gasteiger partial charge in [-0.05, 0) is 30.5 Å². The maximum Gasteiger partial charge on any atom is 0.338 e. The number of rotatable bonds is 10. The summed E-state index contributed by atoms with van der Waals surface area (Å²) in [4.78, 5) is 36.5. The topological polar surface area (TPSA) is 94.2 Å². The second-order valence-electron chi connectivity index (χ2n) is 6.40. The van der Waals surface area contributed by atoms with Gasteiger partial charge in [0.15, 0.2) is 18.1 Å². The van der Waals surface area contributed by atoms with Crippen LogP contribution in [0.15, 0.2) is 18.2 Å². The number of esters is 1. The molecule has 0 saturated heterocycles. The van der Waals surface area contributed by atoms with Crippen LogP contribution in [0.4, 0.5) is 0 Å². The maximum absolute atomic E-state index is 12.2. The first-order chi connectivity index (χ1) is 12.8. The molecule has 1 rings (SSSR count). The van der Waals surface area contributed by atoms with Crippen LogP contribution in [0.5, 0.6) is 11.5 Å². The van der Waals surface area contributed by atoms with E-state index in [2.05, 4.69) is 19.2 Å². The van der Waals surface area contributed by atoms with Crippen LogP contribution >= 0.6 is 0 Å². The molecule has 0 aliphatic heterocycles. The van der Waals surface area contributed by atoms with Crippen LogP contribution in [0.25, 0.3) is 0 Å². The van der Waals surface area contributed by atoms with Gasteiger partial charge in [-0.1, -0.05) is 13.8 Å². The predicted octanol–water partition coefficient (Wildman–Crippen LogP) is 1.48. The number of benzene rings is 1. The van der Waals surface area contributed by atoms with E-state index in [-0.39, 0.29) is 18.0 Å². The van der Waals surface area contributed by atoms with Crippen LogP contribution in [0.3, 0.4) is 0 Å². The summed E-state index contributed by atoms with van der Waals surface area (Å²) >= 11 is 0. The van der Waals surface area contributed by atoms with Crippen LogP contribution in [0, 0.1) is 5.92 Å². The standard InChI is InChI=1S/C19H28N2O6/c1-13(2)8-9-26-15-7-6-14(10-16(15)25-5)19(24)27-12-18(23)21(4)11-17(22)20-3/h6-7,10,13H,8-9,11-12H2,1-5H3,(H,20,22). The van der Waals surface area contributed by atoms with E-state index < -0.39 is 18.5 Å². The molecule has 0 heterocycles. The lowest BCUT2D eigenvalue weighted by molar-refractivity contribution is -0.137. The quantitative estimate of drug-likeness (QED) is 0.618. The molecule has 1 N–H and O–H groups in total. The highest BCUT2D eigenvalue weighted by Gasteiger charge is 2.17. The average Bonchev–Trinajstić information content (AvgIpc) is 2.65. The summed E-state index contributed by atoms with van der Waals surface area (Å²) in [7, 11) is 4.42. The Morgan fingerprint density at radius 2 is 1.89 bits per heavy atom. The molecule has 1 aromatic rings. The summed E-state index contributed by atoms with van der Waals surface area (Å²) in [6, 6.07) is 4.69. The number of methoxy groups -OCH3 is 1. The highest BCUT2D eigenvalue weighted by molar-refractivity contribution is 5.92. The Bertz CT molecular complexity index is 660. The lowest BCUT2D eigenvalue weighted by atomic mass is 10.1. The van der Waals surface area contributed by atoms with Crippen LogP contribution in [-0.4, -0.2) is 63.6 Å². The van der Waals surface area contributed by atoms with Crippen molar-refractivity contribution in [3.05, 3.63) is 23.8 Å². The van der Waals surface area contributed by atoms with E-state index in [1.165, 1.54) is 32.2 Å². The van der Waals surface area contributed by atoms with E-state index in [0.717, 1.165) is 6.42 Å². The van der Waals surface area contributed by atoms with Crippen molar-refractivity contribution in [3.63, 3.8) is 0 Å². The van der Waals surface area contributed by atoms with E-state index in [0.29, 0.717) is 24.0 Å². The van der Waals surface area contributed by atoms with Gasteiger partial charge in [0, 0.05) is 14.1 Å². The van der Waals surface area contributed by atoms with E-state index in [9.17, 15) is 14.4 Å². The zero-order valence-corrected chi connectivity index (χ0v) is 16.5. The van der Waals surface area contributed by atoms with Gasteiger partial charge in [-0.15, -0.1) is 0 Å². The molecule has 2 amide bonds. The number of nitrogens with one attached hydrogen (secondary N) is 1. The molecule has 27 heavy (non-hydrogen) atoms. The van der Waals surface area contributed by atoms with Gasteiger partial charge in [-0.25, -0.2) is 4.79 Å². The summed E-state index contributed by atoms with van der Waals surface area (Å²) < 4.78 is 16.0. The van der Waals surface area contributed by atoms with Crippen LogP contribution in [0.1, 0.15) is 30.6 Å². The molecule has 8 heteroatoms. The van der Waals surface area contributed by atoms with Gasteiger partial charge in [-0.3, -0.25) is 9.59 Å². The highest BCUT2D eigenvalue weighted by atomic mass is 16.5. The van der Waals surface area contributed by atoms with Crippen molar-refractivity contribution < 1.29 is 28.6 Å². The molecule has 0 aromatic heterocycles. The molecule has 1 aromatic carbocycles. The van der Waals surface area contributed by atoms with Gasteiger partial charge in [-0.2, -0.15) is 0 Å². The molecular formula is C19H28N2O6. The zero-order chi connectivity index (χ0) is 20.4. The second kappa shape index (κ2) is 11.1. The maximum atomic E-state index is 12.2. The molecule has 8 nitrogen and oxygen atoms in total. The van der Waals surface area contributed by atoms with Crippen LogP contribution < -0.4 is 14.8 Å². The molecular weight excluding hydrogens is 352 g/mol. The Hall–Kier alpha value is -2.77. The lowest BCUT2D eigenvalue weighted by Crippen LogP contribution is -2.39. The number of carbonyl (C=O) groups excluding carboxylic acids is 3. The van der Waals surface area contributed by atoms with Crippen molar-refractivity contribution in [1.29, 1.82) is 0 Å². The largest absolute Gasteiger partial charge is 0.493 e. The fourth-order valence-electron chi connectivity index (χ4n) is 2.02. The third kappa shape index (κ3) is 7.55. The average molecular weight is 380 g/mol. The molecule has 0 aliphatic rings. The minimum atomic E-state index is -0.663. The second-order valence-corrected chi connectivity index (χ2v) is 6.40. The molecule has 0 unspecified atom stereocenters. The minimum Gasteiger partial charge on any atom is -0.493 e. The lowest BCUT2D eigenvalue weighted by Gasteiger charge is -2.16. The van der Waals surface area contributed by atoms with Crippen molar-refractivity contribution in [2.45, 2.75) is 20.3 Å². The fourth-order valence-corrected chi connectivity index (χ4v) is 2.02. The number of likely N-dealkylation sites (N-methyl/N-ethyl adjacent to an activating group) is 2. The Balaban J connectivity index is 2.64. The van der Waals surface area contributed by atoms with Crippen LogP contribution in [0.2, 0.25) is 0 Å². The molecule has 0 spiro atoms. The van der Waals surface area contributed by atoms with E-state index in [4.69, 9.17) is 14.2 Å². The number of nitrogens with zero attached hydrogens (tertiary/aromatic N) is 1. The van der Waals surface area contributed by atoms with Crippen molar-refractivity contribution >= 4 is 17.8 Å².